The van der Waals surface area contributed by atoms with Crippen molar-refractivity contribution in [1.29, 1.82) is 0 Å². The van der Waals surface area contributed by atoms with Gasteiger partial charge in [0.2, 0.25) is 0 Å². The van der Waals surface area contributed by atoms with Crippen LogP contribution in [0.3, 0.4) is 0 Å². The van der Waals surface area contributed by atoms with Crippen molar-refractivity contribution in [2.24, 2.45) is 0 Å². The molecule has 1 aromatic carbocycles. The van der Waals surface area contributed by atoms with Crippen molar-refractivity contribution in [3.63, 3.8) is 0 Å². The first-order chi connectivity index (χ1) is 9.73. The van der Waals surface area contributed by atoms with Gasteiger partial charge in [0.15, 0.2) is 0 Å². The van der Waals surface area contributed by atoms with Gasteiger partial charge in [-0.05, 0) is 39.8 Å². The number of amides is 1. The minimum absolute atomic E-state index is 0.264. The summed E-state index contributed by atoms with van der Waals surface area (Å²) in [5.41, 5.74) is -0.543. The fraction of sp³-hybridized carbons (Fsp3) is 0.533. The van der Waals surface area contributed by atoms with Crippen LogP contribution < -0.4 is 5.32 Å². The highest BCUT2D eigenvalue weighted by Crippen LogP contribution is 2.19. The Morgan fingerprint density at radius 2 is 1.67 bits per heavy atom. The maximum atomic E-state index is 13.7. The van der Waals surface area contributed by atoms with E-state index in [0.717, 1.165) is 12.1 Å². The molecule has 0 fully saturated rings. The number of hydrogen-bond acceptors (Lipinski definition) is 2. The summed E-state index contributed by atoms with van der Waals surface area (Å²) >= 11 is 2.98. The van der Waals surface area contributed by atoms with Crippen molar-refractivity contribution in [3.8, 4) is 0 Å². The molecule has 0 aliphatic rings. The third-order valence-electron chi connectivity index (χ3n) is 3.22. The largest absolute Gasteiger partial charge is 0.351 e. The Bertz CT molecular complexity index is 475. The second-order valence-corrected chi connectivity index (χ2v) is 6.34. The Morgan fingerprint density at radius 1 is 1.19 bits per heavy atom. The quantitative estimate of drug-likeness (QED) is 0.838. The van der Waals surface area contributed by atoms with E-state index in [9.17, 15) is 13.6 Å². The third kappa shape index (κ3) is 5.04. The summed E-state index contributed by atoms with van der Waals surface area (Å²) in [6.07, 6.45) is 0. The van der Waals surface area contributed by atoms with Crippen LogP contribution in [-0.4, -0.2) is 36.0 Å². The molecule has 0 saturated carbocycles. The number of rotatable bonds is 6. The number of halogens is 3. The summed E-state index contributed by atoms with van der Waals surface area (Å²) in [5, 5.41) is 2.56. The number of nitrogens with one attached hydrogen (secondary N) is 1. The van der Waals surface area contributed by atoms with E-state index in [4.69, 9.17) is 0 Å². The minimum Gasteiger partial charge on any atom is -0.351 e. The molecule has 1 aromatic rings. The molecule has 1 N–H and O–H groups in total. The molecule has 1 amide bonds. The average molecular weight is 363 g/mol. The SMILES string of the molecule is CC(C)N(CCNC(=O)c1c(F)cc(Br)cc1F)C(C)C. The number of carbonyl (C=O) groups is 1. The van der Waals surface area contributed by atoms with Crippen LogP contribution in [-0.2, 0) is 0 Å². The van der Waals surface area contributed by atoms with Gasteiger partial charge in [-0.2, -0.15) is 0 Å². The maximum Gasteiger partial charge on any atom is 0.257 e. The molecule has 0 aliphatic carbocycles. The molecular weight excluding hydrogens is 342 g/mol. The van der Waals surface area contributed by atoms with Gasteiger partial charge in [-0.15, -0.1) is 0 Å². The lowest BCUT2D eigenvalue weighted by Crippen LogP contribution is -2.42. The molecule has 0 spiro atoms. The summed E-state index contributed by atoms with van der Waals surface area (Å²) < 4.78 is 27.6. The van der Waals surface area contributed by atoms with Gasteiger partial charge in [-0.1, -0.05) is 15.9 Å². The Kier molecular flexibility index (Phi) is 6.74. The van der Waals surface area contributed by atoms with Crippen molar-refractivity contribution >= 4 is 21.8 Å². The highest BCUT2D eigenvalue weighted by Gasteiger charge is 2.19. The van der Waals surface area contributed by atoms with Gasteiger partial charge in [-0.3, -0.25) is 9.69 Å². The zero-order chi connectivity index (χ0) is 16.2. The first-order valence-electron chi connectivity index (χ1n) is 6.92. The van der Waals surface area contributed by atoms with E-state index in [2.05, 4.69) is 53.8 Å². The fourth-order valence-electron chi connectivity index (χ4n) is 2.26. The minimum atomic E-state index is -0.871. The van der Waals surface area contributed by atoms with Gasteiger partial charge in [0.1, 0.15) is 17.2 Å². The Hall–Kier alpha value is -1.01. The van der Waals surface area contributed by atoms with Gasteiger partial charge in [0, 0.05) is 29.6 Å². The van der Waals surface area contributed by atoms with Crippen LogP contribution in [0.5, 0.6) is 0 Å². The van der Waals surface area contributed by atoms with E-state index in [1.54, 1.807) is 0 Å². The van der Waals surface area contributed by atoms with E-state index in [0.29, 0.717) is 25.2 Å². The molecule has 0 aromatic heterocycles. The second-order valence-electron chi connectivity index (χ2n) is 5.43. The molecule has 0 aliphatic heterocycles. The highest BCUT2D eigenvalue weighted by atomic mass is 79.9. The van der Waals surface area contributed by atoms with Crippen LogP contribution in [0.2, 0.25) is 0 Å². The van der Waals surface area contributed by atoms with Crippen molar-refractivity contribution in [2.45, 2.75) is 39.8 Å². The number of hydrogen-bond donors (Lipinski definition) is 1. The number of benzene rings is 1. The predicted molar refractivity (Wildman–Crippen MR) is 83.4 cm³/mol. The molecule has 0 heterocycles. The van der Waals surface area contributed by atoms with E-state index in [1.807, 2.05) is 0 Å². The van der Waals surface area contributed by atoms with Crippen molar-refractivity contribution < 1.29 is 13.6 Å². The van der Waals surface area contributed by atoms with E-state index >= 15 is 0 Å². The summed E-state index contributed by atoms with van der Waals surface area (Å²) in [4.78, 5) is 14.1. The third-order valence-corrected chi connectivity index (χ3v) is 3.67. The summed E-state index contributed by atoms with van der Waals surface area (Å²) in [6.45, 7) is 9.22. The molecule has 0 saturated heterocycles. The molecule has 21 heavy (non-hydrogen) atoms. The smallest absolute Gasteiger partial charge is 0.257 e. The zero-order valence-electron chi connectivity index (χ0n) is 12.7. The molecule has 6 heteroatoms. The van der Waals surface area contributed by atoms with Gasteiger partial charge >= 0.3 is 0 Å². The molecule has 0 unspecified atom stereocenters. The molecule has 0 radical (unpaired) electrons. The normalized spacial score (nSPS) is 11.5. The van der Waals surface area contributed by atoms with E-state index < -0.39 is 23.1 Å². The lowest BCUT2D eigenvalue weighted by molar-refractivity contribution is 0.0931. The second kappa shape index (κ2) is 7.84. The first-order valence-corrected chi connectivity index (χ1v) is 7.71. The summed E-state index contributed by atoms with van der Waals surface area (Å²) in [5.74, 6) is -2.47. The first kappa shape index (κ1) is 18.0. The van der Waals surface area contributed by atoms with Gasteiger partial charge in [-0.25, -0.2) is 8.78 Å². The van der Waals surface area contributed by atoms with E-state index in [1.165, 1.54) is 0 Å². The fourth-order valence-corrected chi connectivity index (χ4v) is 2.66. The molecule has 0 atom stereocenters. The summed E-state index contributed by atoms with van der Waals surface area (Å²) in [7, 11) is 0. The Labute approximate surface area is 132 Å². The lowest BCUT2D eigenvalue weighted by atomic mass is 10.2. The Morgan fingerprint density at radius 3 is 2.10 bits per heavy atom. The van der Waals surface area contributed by atoms with Crippen molar-refractivity contribution in [1.82, 2.24) is 10.2 Å². The van der Waals surface area contributed by atoms with Crippen molar-refractivity contribution in [2.75, 3.05) is 13.1 Å². The van der Waals surface area contributed by atoms with Crippen LogP contribution in [0.25, 0.3) is 0 Å². The molecule has 0 bridgehead atoms. The van der Waals surface area contributed by atoms with E-state index in [-0.39, 0.29) is 4.47 Å². The standard InChI is InChI=1S/C15H21BrF2N2O/c1-9(2)20(10(3)4)6-5-19-15(21)14-12(17)7-11(16)8-13(14)18/h7-10H,5-6H2,1-4H3,(H,19,21). The monoisotopic (exact) mass is 362 g/mol. The van der Waals surface area contributed by atoms with Crippen LogP contribution in [0, 0.1) is 11.6 Å². The van der Waals surface area contributed by atoms with Crippen molar-refractivity contribution in [3.05, 3.63) is 33.8 Å². The van der Waals surface area contributed by atoms with Gasteiger partial charge in [0.05, 0.1) is 0 Å². The number of carbonyl (C=O) groups excluding carboxylic acids is 1. The zero-order valence-corrected chi connectivity index (χ0v) is 14.3. The van der Waals surface area contributed by atoms with Crippen LogP contribution in [0.4, 0.5) is 8.78 Å². The average Bonchev–Trinajstić information content (AvgIpc) is 2.32. The molecule has 1 rings (SSSR count). The maximum absolute atomic E-state index is 13.7. The Balaban J connectivity index is 2.67. The van der Waals surface area contributed by atoms with Crippen LogP contribution >= 0.6 is 15.9 Å². The number of nitrogens with zero attached hydrogens (tertiary/aromatic N) is 1. The lowest BCUT2D eigenvalue weighted by Gasteiger charge is -2.30. The molecule has 3 nitrogen and oxygen atoms in total. The van der Waals surface area contributed by atoms with Gasteiger partial charge < -0.3 is 5.32 Å². The summed E-state index contributed by atoms with van der Waals surface area (Å²) in [6, 6.07) is 2.82. The van der Waals surface area contributed by atoms with Gasteiger partial charge in [0.25, 0.3) is 5.91 Å². The topological polar surface area (TPSA) is 32.3 Å². The predicted octanol–water partition coefficient (Wildman–Crippen LogP) is 3.58. The molecule has 118 valence electrons. The van der Waals surface area contributed by atoms with Crippen LogP contribution in [0.15, 0.2) is 16.6 Å². The highest BCUT2D eigenvalue weighted by molar-refractivity contribution is 9.10. The van der Waals surface area contributed by atoms with Crippen LogP contribution in [0.1, 0.15) is 38.1 Å². The molecular formula is C15H21BrF2N2O.